The van der Waals surface area contributed by atoms with E-state index < -0.39 is 0 Å². The summed E-state index contributed by atoms with van der Waals surface area (Å²) in [6.07, 6.45) is 14.2. The number of hydrogen-bond acceptors (Lipinski definition) is 5. The van der Waals surface area contributed by atoms with Gasteiger partial charge in [-0.25, -0.2) is 9.97 Å². The van der Waals surface area contributed by atoms with Gasteiger partial charge in [-0.3, -0.25) is 0 Å². The van der Waals surface area contributed by atoms with Crippen molar-refractivity contribution in [2.75, 3.05) is 45.1 Å². The van der Waals surface area contributed by atoms with Crippen LogP contribution in [0.5, 0.6) is 0 Å². The van der Waals surface area contributed by atoms with E-state index in [9.17, 15) is 0 Å². The molecular formula is C19H33N5. The Labute approximate surface area is 146 Å². The molecule has 24 heavy (non-hydrogen) atoms. The van der Waals surface area contributed by atoms with Crippen molar-refractivity contribution in [1.29, 1.82) is 0 Å². The van der Waals surface area contributed by atoms with Gasteiger partial charge in [-0.1, -0.05) is 19.3 Å². The van der Waals surface area contributed by atoms with E-state index in [4.69, 9.17) is 0 Å². The zero-order valence-electron chi connectivity index (χ0n) is 15.2. The molecule has 5 nitrogen and oxygen atoms in total. The third-order valence-corrected chi connectivity index (χ3v) is 5.43. The molecule has 2 fully saturated rings. The Kier molecular flexibility index (Phi) is 6.85. The Hall–Kier alpha value is -1.20. The van der Waals surface area contributed by atoms with Gasteiger partial charge in [0.05, 0.1) is 0 Å². The second-order valence-electron chi connectivity index (χ2n) is 7.50. The van der Waals surface area contributed by atoms with Crippen molar-refractivity contribution in [1.82, 2.24) is 19.8 Å². The number of rotatable bonds is 7. The summed E-state index contributed by atoms with van der Waals surface area (Å²) in [6, 6.07) is 0.577. The van der Waals surface area contributed by atoms with Crippen LogP contribution < -0.4 is 5.32 Å². The van der Waals surface area contributed by atoms with Gasteiger partial charge in [-0.2, -0.15) is 0 Å². The summed E-state index contributed by atoms with van der Waals surface area (Å²) in [4.78, 5) is 14.0. The SMILES string of the molecule is CN1CCN(CCCCc2cnc(NC3CCCCC3)nc2)CC1. The summed E-state index contributed by atoms with van der Waals surface area (Å²) < 4.78 is 0. The van der Waals surface area contributed by atoms with Gasteiger partial charge in [-0.15, -0.1) is 0 Å². The molecule has 1 aliphatic carbocycles. The first-order chi connectivity index (χ1) is 11.8. The summed E-state index contributed by atoms with van der Waals surface area (Å²) in [6.45, 7) is 6.10. The highest BCUT2D eigenvalue weighted by atomic mass is 15.2. The monoisotopic (exact) mass is 331 g/mol. The molecule has 0 amide bonds. The van der Waals surface area contributed by atoms with E-state index in [1.807, 2.05) is 12.4 Å². The molecule has 1 aliphatic heterocycles. The van der Waals surface area contributed by atoms with Gasteiger partial charge in [0.15, 0.2) is 0 Å². The predicted octanol–water partition coefficient (Wildman–Crippen LogP) is 2.79. The van der Waals surface area contributed by atoms with Crippen molar-refractivity contribution in [3.05, 3.63) is 18.0 Å². The highest BCUT2D eigenvalue weighted by Gasteiger charge is 2.14. The molecule has 0 unspecified atom stereocenters. The van der Waals surface area contributed by atoms with Gasteiger partial charge in [0, 0.05) is 44.6 Å². The lowest BCUT2D eigenvalue weighted by molar-refractivity contribution is 0.152. The number of aryl methyl sites for hydroxylation is 1. The van der Waals surface area contributed by atoms with E-state index in [1.54, 1.807) is 0 Å². The zero-order chi connectivity index (χ0) is 16.6. The normalized spacial score (nSPS) is 21.0. The molecule has 1 aromatic rings. The lowest BCUT2D eigenvalue weighted by atomic mass is 9.96. The standard InChI is InChI=1S/C19H33N5/c1-23-11-13-24(14-12-23)10-6-5-7-17-15-20-19(21-16-17)22-18-8-3-2-4-9-18/h15-16,18H,2-14H2,1H3,(H,20,21,22). The molecule has 0 bridgehead atoms. The quantitative estimate of drug-likeness (QED) is 0.778. The van der Waals surface area contributed by atoms with Crippen molar-refractivity contribution >= 4 is 5.95 Å². The molecule has 134 valence electrons. The Morgan fingerprint density at radius 2 is 1.71 bits per heavy atom. The maximum atomic E-state index is 4.51. The molecule has 0 aromatic carbocycles. The van der Waals surface area contributed by atoms with Crippen LogP contribution in [-0.4, -0.2) is 65.6 Å². The molecule has 5 heteroatoms. The van der Waals surface area contributed by atoms with Gasteiger partial charge in [0.1, 0.15) is 0 Å². The van der Waals surface area contributed by atoms with Crippen LogP contribution in [0.25, 0.3) is 0 Å². The van der Waals surface area contributed by atoms with Crippen molar-refractivity contribution in [2.24, 2.45) is 0 Å². The van der Waals surface area contributed by atoms with Gasteiger partial charge >= 0.3 is 0 Å². The lowest BCUT2D eigenvalue weighted by Crippen LogP contribution is -2.44. The van der Waals surface area contributed by atoms with E-state index >= 15 is 0 Å². The fourth-order valence-electron chi connectivity index (χ4n) is 3.72. The number of piperazine rings is 1. The van der Waals surface area contributed by atoms with E-state index in [0.717, 1.165) is 12.4 Å². The maximum Gasteiger partial charge on any atom is 0.222 e. The molecule has 1 aromatic heterocycles. The average Bonchev–Trinajstić information content (AvgIpc) is 2.62. The van der Waals surface area contributed by atoms with Crippen LogP contribution in [0.15, 0.2) is 12.4 Å². The van der Waals surface area contributed by atoms with Gasteiger partial charge in [0.25, 0.3) is 0 Å². The third-order valence-electron chi connectivity index (χ3n) is 5.43. The van der Waals surface area contributed by atoms with E-state index in [-0.39, 0.29) is 0 Å². The van der Waals surface area contributed by atoms with E-state index in [2.05, 4.69) is 32.1 Å². The highest BCUT2D eigenvalue weighted by Crippen LogP contribution is 2.20. The van der Waals surface area contributed by atoms with Crippen molar-refractivity contribution in [3.8, 4) is 0 Å². The predicted molar refractivity (Wildman–Crippen MR) is 99.4 cm³/mol. The molecule has 1 saturated heterocycles. The van der Waals surface area contributed by atoms with Crippen LogP contribution in [-0.2, 0) is 6.42 Å². The van der Waals surface area contributed by atoms with Gasteiger partial charge in [0.2, 0.25) is 5.95 Å². The smallest absolute Gasteiger partial charge is 0.222 e. The first-order valence-electron chi connectivity index (χ1n) is 9.78. The Bertz CT molecular complexity index is 461. The lowest BCUT2D eigenvalue weighted by Gasteiger charge is -2.32. The number of nitrogens with zero attached hydrogens (tertiary/aromatic N) is 4. The number of likely N-dealkylation sites (N-methyl/N-ethyl adjacent to an activating group) is 1. The summed E-state index contributed by atoms with van der Waals surface area (Å²) in [7, 11) is 2.21. The summed E-state index contributed by atoms with van der Waals surface area (Å²) >= 11 is 0. The topological polar surface area (TPSA) is 44.3 Å². The molecular weight excluding hydrogens is 298 g/mol. The molecule has 1 N–H and O–H groups in total. The molecule has 2 aliphatic rings. The highest BCUT2D eigenvalue weighted by molar-refractivity contribution is 5.26. The molecule has 1 saturated carbocycles. The Balaban J connectivity index is 1.32. The Morgan fingerprint density at radius 1 is 1.00 bits per heavy atom. The fraction of sp³-hybridized carbons (Fsp3) is 0.789. The first-order valence-corrected chi connectivity index (χ1v) is 9.78. The van der Waals surface area contributed by atoms with Crippen LogP contribution >= 0.6 is 0 Å². The molecule has 2 heterocycles. The summed E-state index contributed by atoms with van der Waals surface area (Å²) in [5, 5.41) is 3.49. The number of nitrogens with one attached hydrogen (secondary N) is 1. The van der Waals surface area contributed by atoms with Crippen LogP contribution in [0.1, 0.15) is 50.5 Å². The van der Waals surface area contributed by atoms with Crippen LogP contribution in [0, 0.1) is 0 Å². The van der Waals surface area contributed by atoms with Crippen LogP contribution in [0.4, 0.5) is 5.95 Å². The molecule has 0 atom stereocenters. The van der Waals surface area contributed by atoms with Gasteiger partial charge < -0.3 is 15.1 Å². The van der Waals surface area contributed by atoms with E-state index in [1.165, 1.54) is 83.2 Å². The minimum atomic E-state index is 0.577. The molecule has 0 spiro atoms. The van der Waals surface area contributed by atoms with Crippen LogP contribution in [0.2, 0.25) is 0 Å². The average molecular weight is 332 g/mol. The third kappa shape index (κ3) is 5.71. The number of anilines is 1. The van der Waals surface area contributed by atoms with Gasteiger partial charge in [-0.05, 0) is 51.3 Å². The molecule has 0 radical (unpaired) electrons. The number of hydrogen-bond donors (Lipinski definition) is 1. The number of aromatic nitrogens is 2. The Morgan fingerprint density at radius 3 is 2.42 bits per heavy atom. The van der Waals surface area contributed by atoms with Crippen molar-refractivity contribution in [2.45, 2.75) is 57.4 Å². The maximum absolute atomic E-state index is 4.51. The molecule has 3 rings (SSSR count). The minimum Gasteiger partial charge on any atom is -0.351 e. The number of unbranched alkanes of at least 4 members (excludes halogenated alkanes) is 1. The van der Waals surface area contributed by atoms with Crippen LogP contribution in [0.3, 0.4) is 0 Å². The fourth-order valence-corrected chi connectivity index (χ4v) is 3.72. The van der Waals surface area contributed by atoms with Crippen molar-refractivity contribution in [3.63, 3.8) is 0 Å². The summed E-state index contributed by atoms with van der Waals surface area (Å²) in [5.74, 6) is 0.808. The second kappa shape index (κ2) is 9.33. The van der Waals surface area contributed by atoms with E-state index in [0.29, 0.717) is 6.04 Å². The zero-order valence-corrected chi connectivity index (χ0v) is 15.2. The first kappa shape index (κ1) is 17.6. The largest absolute Gasteiger partial charge is 0.351 e. The second-order valence-corrected chi connectivity index (χ2v) is 7.50. The minimum absolute atomic E-state index is 0.577. The summed E-state index contributed by atoms with van der Waals surface area (Å²) in [5.41, 5.74) is 1.27. The van der Waals surface area contributed by atoms with Crippen molar-refractivity contribution < 1.29 is 0 Å².